The van der Waals surface area contributed by atoms with E-state index in [1.807, 2.05) is 36.4 Å². The maximum atomic E-state index is 12.2. The van der Waals surface area contributed by atoms with Gasteiger partial charge in [0.15, 0.2) is 0 Å². The van der Waals surface area contributed by atoms with Gasteiger partial charge in [-0.25, -0.2) is 4.98 Å². The number of rotatable bonds is 6. The van der Waals surface area contributed by atoms with Crippen molar-refractivity contribution in [1.29, 1.82) is 5.41 Å². The van der Waals surface area contributed by atoms with E-state index in [1.165, 1.54) is 6.20 Å². The molecule has 1 aromatic heterocycles. The van der Waals surface area contributed by atoms with E-state index < -0.39 is 5.91 Å². The van der Waals surface area contributed by atoms with Crippen LogP contribution in [0.15, 0.2) is 42.6 Å². The van der Waals surface area contributed by atoms with Gasteiger partial charge in [0.2, 0.25) is 0 Å². The SMILES string of the molecule is N=C(COCc1ccccc1)NC(=O)c1cnc(C2=CCOCC2)[nH]1. The molecule has 1 aromatic carbocycles. The van der Waals surface area contributed by atoms with Crippen LogP contribution in [0, 0.1) is 5.41 Å². The van der Waals surface area contributed by atoms with Crippen molar-refractivity contribution in [3.05, 3.63) is 59.7 Å². The molecule has 7 nitrogen and oxygen atoms in total. The predicted octanol–water partition coefficient (Wildman–Crippen LogP) is 2.14. The Morgan fingerprint density at radius 3 is 2.96 bits per heavy atom. The normalized spacial score (nSPS) is 14.0. The fourth-order valence-corrected chi connectivity index (χ4v) is 2.43. The van der Waals surface area contributed by atoms with Crippen molar-refractivity contribution in [2.45, 2.75) is 13.0 Å². The Balaban J connectivity index is 1.47. The number of amides is 1. The third-order valence-corrected chi connectivity index (χ3v) is 3.71. The highest BCUT2D eigenvalue weighted by atomic mass is 16.5. The summed E-state index contributed by atoms with van der Waals surface area (Å²) in [6, 6.07) is 9.67. The molecule has 3 N–H and O–H groups in total. The van der Waals surface area contributed by atoms with Crippen molar-refractivity contribution >= 4 is 17.3 Å². The first-order chi connectivity index (χ1) is 12.2. The molecular formula is C18H20N4O3. The van der Waals surface area contributed by atoms with Crippen molar-refractivity contribution in [3.8, 4) is 0 Å². The van der Waals surface area contributed by atoms with Crippen molar-refractivity contribution in [2.75, 3.05) is 19.8 Å². The van der Waals surface area contributed by atoms with Crippen LogP contribution in [0.1, 0.15) is 28.3 Å². The molecule has 0 saturated heterocycles. The first-order valence-corrected chi connectivity index (χ1v) is 8.05. The van der Waals surface area contributed by atoms with Crippen LogP contribution >= 0.6 is 0 Å². The maximum Gasteiger partial charge on any atom is 0.274 e. The summed E-state index contributed by atoms with van der Waals surface area (Å²) >= 11 is 0. The molecule has 0 bridgehead atoms. The predicted molar refractivity (Wildman–Crippen MR) is 93.3 cm³/mol. The van der Waals surface area contributed by atoms with E-state index in [0.717, 1.165) is 17.6 Å². The molecule has 0 fully saturated rings. The summed E-state index contributed by atoms with van der Waals surface area (Å²) in [6.45, 7) is 1.63. The minimum atomic E-state index is -0.403. The Bertz CT molecular complexity index is 768. The number of amidine groups is 1. The summed E-state index contributed by atoms with van der Waals surface area (Å²) in [5.41, 5.74) is 2.37. The topological polar surface area (TPSA) is 100 Å². The monoisotopic (exact) mass is 340 g/mol. The molecule has 25 heavy (non-hydrogen) atoms. The Morgan fingerprint density at radius 2 is 2.20 bits per heavy atom. The number of hydrogen-bond acceptors (Lipinski definition) is 5. The third kappa shape index (κ3) is 4.85. The number of carbonyl (C=O) groups excluding carboxylic acids is 1. The smallest absolute Gasteiger partial charge is 0.274 e. The maximum absolute atomic E-state index is 12.2. The highest BCUT2D eigenvalue weighted by molar-refractivity contribution is 6.04. The van der Waals surface area contributed by atoms with Crippen molar-refractivity contribution in [3.63, 3.8) is 0 Å². The minimum Gasteiger partial charge on any atom is -0.377 e. The fourth-order valence-electron chi connectivity index (χ4n) is 2.43. The minimum absolute atomic E-state index is 0.00219. The molecule has 1 amide bonds. The molecular weight excluding hydrogens is 320 g/mol. The highest BCUT2D eigenvalue weighted by Gasteiger charge is 2.14. The van der Waals surface area contributed by atoms with Gasteiger partial charge >= 0.3 is 0 Å². The standard InChI is InChI=1S/C18H20N4O3/c19-16(12-25-11-13-4-2-1-3-5-13)22-18(23)15-10-20-17(21-15)14-6-8-24-9-7-14/h1-6,10H,7-9,11-12H2,(H,20,21)(H2,19,22,23). The van der Waals surface area contributed by atoms with Crippen molar-refractivity contribution in [1.82, 2.24) is 15.3 Å². The molecule has 0 radical (unpaired) electrons. The number of aromatic amines is 1. The number of aromatic nitrogens is 2. The lowest BCUT2D eigenvalue weighted by atomic mass is 10.1. The Morgan fingerprint density at radius 1 is 1.36 bits per heavy atom. The third-order valence-electron chi connectivity index (χ3n) is 3.71. The Hall–Kier alpha value is -2.77. The number of ether oxygens (including phenoxy) is 2. The molecule has 2 heterocycles. The van der Waals surface area contributed by atoms with E-state index in [4.69, 9.17) is 14.9 Å². The summed E-state index contributed by atoms with van der Waals surface area (Å²) in [6.07, 6.45) is 4.18. The van der Waals surface area contributed by atoms with Crippen molar-refractivity contribution in [2.24, 2.45) is 0 Å². The number of benzene rings is 1. The average Bonchev–Trinajstić information content (AvgIpc) is 3.14. The van der Waals surface area contributed by atoms with E-state index >= 15 is 0 Å². The largest absolute Gasteiger partial charge is 0.377 e. The molecule has 0 unspecified atom stereocenters. The first kappa shape index (κ1) is 17.1. The van der Waals surface area contributed by atoms with Crippen molar-refractivity contribution < 1.29 is 14.3 Å². The van der Waals surface area contributed by atoms with Crippen LogP contribution in [0.4, 0.5) is 0 Å². The summed E-state index contributed by atoms with van der Waals surface area (Å²) in [4.78, 5) is 19.4. The lowest BCUT2D eigenvalue weighted by molar-refractivity contribution is 0.0964. The lowest BCUT2D eigenvalue weighted by Crippen LogP contribution is -2.33. The van der Waals surface area contributed by atoms with Crippen LogP contribution in [0.3, 0.4) is 0 Å². The van der Waals surface area contributed by atoms with Gasteiger partial charge in [-0.1, -0.05) is 36.4 Å². The van der Waals surface area contributed by atoms with Gasteiger partial charge in [0.1, 0.15) is 24.0 Å². The van der Waals surface area contributed by atoms with Gasteiger partial charge in [-0.2, -0.15) is 0 Å². The molecule has 1 aliphatic rings. The summed E-state index contributed by atoms with van der Waals surface area (Å²) in [5, 5.41) is 10.3. The number of hydrogen-bond donors (Lipinski definition) is 3. The van der Waals surface area contributed by atoms with Gasteiger partial charge in [0.25, 0.3) is 5.91 Å². The number of H-pyrrole nitrogens is 1. The second-order valence-electron chi connectivity index (χ2n) is 5.61. The van der Waals surface area contributed by atoms with Gasteiger partial charge in [0, 0.05) is 0 Å². The zero-order valence-corrected chi connectivity index (χ0v) is 13.7. The van der Waals surface area contributed by atoms with Crippen LogP contribution in [0.5, 0.6) is 0 Å². The fraction of sp³-hybridized carbons (Fsp3) is 0.278. The number of nitrogens with one attached hydrogen (secondary N) is 3. The van der Waals surface area contributed by atoms with Crippen LogP contribution in [-0.2, 0) is 16.1 Å². The van der Waals surface area contributed by atoms with E-state index in [-0.39, 0.29) is 12.4 Å². The van der Waals surface area contributed by atoms with Gasteiger partial charge in [-0.3, -0.25) is 10.2 Å². The first-order valence-electron chi connectivity index (χ1n) is 8.05. The number of imidazole rings is 1. The Kier molecular flexibility index (Phi) is 5.71. The summed E-state index contributed by atoms with van der Waals surface area (Å²) in [7, 11) is 0. The molecule has 0 atom stereocenters. The molecule has 0 saturated carbocycles. The average molecular weight is 340 g/mol. The molecule has 3 rings (SSSR count). The summed E-state index contributed by atoms with van der Waals surface area (Å²) < 4.78 is 10.7. The van der Waals surface area contributed by atoms with E-state index in [0.29, 0.717) is 31.3 Å². The number of carbonyl (C=O) groups is 1. The van der Waals surface area contributed by atoms with Crippen LogP contribution in [-0.4, -0.2) is 41.5 Å². The zero-order chi connectivity index (χ0) is 17.5. The second-order valence-corrected chi connectivity index (χ2v) is 5.61. The van der Waals surface area contributed by atoms with E-state index in [9.17, 15) is 4.79 Å². The molecule has 0 spiro atoms. The van der Waals surface area contributed by atoms with Gasteiger partial charge in [-0.05, 0) is 17.6 Å². The van der Waals surface area contributed by atoms with Crippen LogP contribution in [0.25, 0.3) is 5.57 Å². The quantitative estimate of drug-likeness (QED) is 0.554. The molecule has 2 aromatic rings. The highest BCUT2D eigenvalue weighted by Crippen LogP contribution is 2.18. The molecule has 130 valence electrons. The van der Waals surface area contributed by atoms with Crippen LogP contribution in [0.2, 0.25) is 0 Å². The van der Waals surface area contributed by atoms with Crippen LogP contribution < -0.4 is 5.32 Å². The van der Waals surface area contributed by atoms with E-state index in [2.05, 4.69) is 15.3 Å². The second kappa shape index (κ2) is 8.36. The molecule has 7 heteroatoms. The van der Waals surface area contributed by atoms with Gasteiger partial charge < -0.3 is 19.8 Å². The zero-order valence-electron chi connectivity index (χ0n) is 13.7. The molecule has 1 aliphatic heterocycles. The number of nitrogens with zero attached hydrogens (tertiary/aromatic N) is 1. The van der Waals surface area contributed by atoms with Gasteiger partial charge in [-0.15, -0.1) is 0 Å². The Labute approximate surface area is 145 Å². The molecule has 0 aliphatic carbocycles. The lowest BCUT2D eigenvalue weighted by Gasteiger charge is -2.11. The summed E-state index contributed by atoms with van der Waals surface area (Å²) in [5.74, 6) is 0.266. The van der Waals surface area contributed by atoms with Gasteiger partial charge in [0.05, 0.1) is 26.0 Å². The van der Waals surface area contributed by atoms with E-state index in [1.54, 1.807) is 0 Å².